The third kappa shape index (κ3) is 3.85. The van der Waals surface area contributed by atoms with Gasteiger partial charge in [0, 0.05) is 0 Å². The topological polar surface area (TPSA) is 9.23 Å². The van der Waals surface area contributed by atoms with Crippen LogP contribution in [-0.2, 0) is 0 Å². The molecule has 0 aliphatic heterocycles. The van der Waals surface area contributed by atoms with Crippen molar-refractivity contribution in [3.8, 4) is 5.75 Å². The lowest BCUT2D eigenvalue weighted by Gasteiger charge is -2.26. The average Bonchev–Trinajstić information content (AvgIpc) is 2.47. The van der Waals surface area contributed by atoms with E-state index in [2.05, 4.69) is 19.1 Å². The first kappa shape index (κ1) is 14.2. The molecule has 0 spiro atoms. The number of rotatable bonds is 6. The van der Waals surface area contributed by atoms with Crippen LogP contribution in [0.5, 0.6) is 5.75 Å². The van der Waals surface area contributed by atoms with Gasteiger partial charge in [-0.3, -0.25) is 0 Å². The average molecular weight is 291 g/mol. The zero-order valence-corrected chi connectivity index (χ0v) is 12.9. The lowest BCUT2D eigenvalue weighted by atomic mass is 10.3. The van der Waals surface area contributed by atoms with Crippen LogP contribution in [0.4, 0.5) is 0 Å². The van der Waals surface area contributed by atoms with E-state index in [1.54, 1.807) is 0 Å². The first-order chi connectivity index (χ1) is 9.24. The summed E-state index contributed by atoms with van der Waals surface area (Å²) in [5.74, 6) is 0.865. The Labute approximate surface area is 121 Å². The fourth-order valence-electron chi connectivity index (χ4n) is 2.02. The first-order valence-corrected chi connectivity index (χ1v) is 9.86. The Morgan fingerprint density at radius 2 is 1.53 bits per heavy atom. The summed E-state index contributed by atoms with van der Waals surface area (Å²) in [5.41, 5.74) is 0. The van der Waals surface area contributed by atoms with E-state index in [1.165, 1.54) is 0 Å². The molecule has 0 heterocycles. The van der Waals surface area contributed by atoms with Crippen LogP contribution < -0.4 is 9.61 Å². The molecule has 0 aliphatic rings. The number of benzene rings is 2. The maximum absolute atomic E-state index is 6.89. The van der Waals surface area contributed by atoms with Gasteiger partial charge in [-0.25, -0.2) is 0 Å². The highest BCUT2D eigenvalue weighted by atomic mass is 35.6. The van der Waals surface area contributed by atoms with Gasteiger partial charge >= 0.3 is 7.63 Å². The molecule has 0 aromatic heterocycles. The molecule has 2 rings (SSSR count). The number of hydrogen-bond donors (Lipinski definition) is 0. The van der Waals surface area contributed by atoms with Gasteiger partial charge in [-0.05, 0) is 23.4 Å². The van der Waals surface area contributed by atoms with Crippen LogP contribution in [0.1, 0.15) is 19.8 Å². The van der Waals surface area contributed by atoms with Gasteiger partial charge < -0.3 is 4.43 Å². The molecule has 0 saturated heterocycles. The standard InChI is InChI=1S/C16H19ClOSi/c1-2-3-14-19(17,16-12-8-5-9-13-16)18-15-10-6-4-7-11-15/h4-13H,2-3,14H2,1H3. The molecule has 1 unspecified atom stereocenters. The Kier molecular flexibility index (Phi) is 5.05. The zero-order valence-electron chi connectivity index (χ0n) is 11.2. The van der Waals surface area contributed by atoms with Crippen LogP contribution in [0.2, 0.25) is 6.04 Å². The van der Waals surface area contributed by atoms with Gasteiger partial charge in [-0.1, -0.05) is 68.3 Å². The van der Waals surface area contributed by atoms with Crippen LogP contribution >= 0.6 is 11.1 Å². The highest BCUT2D eigenvalue weighted by Crippen LogP contribution is 2.24. The highest BCUT2D eigenvalue weighted by molar-refractivity contribution is 7.24. The minimum Gasteiger partial charge on any atom is -0.526 e. The second-order valence-electron chi connectivity index (χ2n) is 4.61. The molecule has 2 aromatic carbocycles. The summed E-state index contributed by atoms with van der Waals surface area (Å²) in [6.07, 6.45) is 2.23. The fraction of sp³-hybridized carbons (Fsp3) is 0.250. The molecule has 0 fully saturated rings. The minimum atomic E-state index is -2.42. The van der Waals surface area contributed by atoms with Gasteiger partial charge in [0.2, 0.25) is 0 Å². The van der Waals surface area contributed by atoms with Crippen molar-refractivity contribution in [2.24, 2.45) is 0 Å². The summed E-state index contributed by atoms with van der Waals surface area (Å²) in [7, 11) is -2.42. The summed E-state index contributed by atoms with van der Waals surface area (Å²) in [5, 5.41) is 1.15. The van der Waals surface area contributed by atoms with Gasteiger partial charge in [0.1, 0.15) is 5.75 Å². The van der Waals surface area contributed by atoms with E-state index in [0.29, 0.717) is 0 Å². The van der Waals surface area contributed by atoms with E-state index >= 15 is 0 Å². The third-order valence-corrected chi connectivity index (χ3v) is 7.28. The number of hydrogen-bond acceptors (Lipinski definition) is 1. The van der Waals surface area contributed by atoms with Crippen molar-refractivity contribution in [3.63, 3.8) is 0 Å². The predicted molar refractivity (Wildman–Crippen MR) is 84.5 cm³/mol. The van der Waals surface area contributed by atoms with E-state index in [9.17, 15) is 0 Å². The monoisotopic (exact) mass is 290 g/mol. The molecule has 1 atom stereocenters. The second kappa shape index (κ2) is 6.78. The van der Waals surface area contributed by atoms with Gasteiger partial charge in [0.05, 0.1) is 0 Å². The molecule has 3 heteroatoms. The summed E-state index contributed by atoms with van der Waals surface area (Å²) >= 11 is 6.89. The fourth-order valence-corrected chi connectivity index (χ4v) is 5.58. The van der Waals surface area contributed by atoms with Crippen molar-refractivity contribution in [1.82, 2.24) is 0 Å². The lowest BCUT2D eigenvalue weighted by molar-refractivity contribution is 0.564. The van der Waals surface area contributed by atoms with Crippen molar-refractivity contribution in [3.05, 3.63) is 60.7 Å². The van der Waals surface area contributed by atoms with Crippen LogP contribution in [0, 0.1) is 0 Å². The summed E-state index contributed by atoms with van der Waals surface area (Å²) in [6, 6.07) is 21.0. The van der Waals surface area contributed by atoms with Gasteiger partial charge in [-0.15, -0.1) is 11.1 Å². The van der Waals surface area contributed by atoms with E-state index < -0.39 is 7.63 Å². The quantitative estimate of drug-likeness (QED) is 0.564. The van der Waals surface area contributed by atoms with Gasteiger partial charge in [0.15, 0.2) is 0 Å². The van der Waals surface area contributed by atoms with E-state index in [1.807, 2.05) is 48.5 Å². The second-order valence-corrected chi connectivity index (χ2v) is 9.18. The molecule has 0 bridgehead atoms. The smallest absolute Gasteiger partial charge is 0.380 e. The highest BCUT2D eigenvalue weighted by Gasteiger charge is 2.36. The van der Waals surface area contributed by atoms with E-state index in [4.69, 9.17) is 15.5 Å². The van der Waals surface area contributed by atoms with Crippen LogP contribution in [0.25, 0.3) is 0 Å². The van der Waals surface area contributed by atoms with E-state index in [-0.39, 0.29) is 0 Å². The van der Waals surface area contributed by atoms with Crippen LogP contribution in [-0.4, -0.2) is 7.63 Å². The van der Waals surface area contributed by atoms with Crippen molar-refractivity contribution in [2.75, 3.05) is 0 Å². The molecule has 0 radical (unpaired) electrons. The number of halogens is 1. The molecule has 19 heavy (non-hydrogen) atoms. The molecule has 100 valence electrons. The predicted octanol–water partition coefficient (Wildman–Crippen LogP) is 4.45. The van der Waals surface area contributed by atoms with Crippen molar-refractivity contribution in [1.29, 1.82) is 0 Å². The number of para-hydroxylation sites is 1. The van der Waals surface area contributed by atoms with E-state index in [0.717, 1.165) is 29.8 Å². The largest absolute Gasteiger partial charge is 0.526 e. The van der Waals surface area contributed by atoms with Gasteiger partial charge in [-0.2, -0.15) is 0 Å². The molecular formula is C16H19ClOSi. The molecule has 2 aromatic rings. The van der Waals surface area contributed by atoms with Crippen LogP contribution in [0.3, 0.4) is 0 Å². The zero-order chi connectivity index (χ0) is 13.6. The van der Waals surface area contributed by atoms with Crippen molar-refractivity contribution in [2.45, 2.75) is 25.8 Å². The van der Waals surface area contributed by atoms with Crippen molar-refractivity contribution < 1.29 is 4.43 Å². The molecule has 0 N–H and O–H groups in total. The Morgan fingerprint density at radius 3 is 2.11 bits per heavy atom. The molecule has 1 nitrogen and oxygen atoms in total. The summed E-state index contributed by atoms with van der Waals surface area (Å²) in [4.78, 5) is 0. The summed E-state index contributed by atoms with van der Waals surface area (Å²) in [6.45, 7) is 2.18. The Balaban J connectivity index is 2.24. The minimum absolute atomic E-state index is 0.865. The Bertz CT molecular complexity index is 489. The lowest BCUT2D eigenvalue weighted by Crippen LogP contribution is -2.48. The molecule has 0 amide bonds. The normalized spacial score (nSPS) is 13.8. The van der Waals surface area contributed by atoms with Crippen LogP contribution in [0.15, 0.2) is 60.7 Å². The number of unbranched alkanes of at least 4 members (excludes halogenated alkanes) is 1. The molecule has 0 saturated carbocycles. The Hall–Kier alpha value is -1.25. The summed E-state index contributed by atoms with van der Waals surface area (Å²) < 4.78 is 6.19. The SMILES string of the molecule is CCCC[Si](Cl)(Oc1ccccc1)c1ccccc1. The molecule has 0 aliphatic carbocycles. The maximum Gasteiger partial charge on any atom is 0.380 e. The molecular weight excluding hydrogens is 272 g/mol. The third-order valence-electron chi connectivity index (χ3n) is 3.08. The maximum atomic E-state index is 6.89. The van der Waals surface area contributed by atoms with Gasteiger partial charge in [0.25, 0.3) is 0 Å². The van der Waals surface area contributed by atoms with Crippen molar-refractivity contribution >= 4 is 23.9 Å². The Morgan fingerprint density at radius 1 is 0.947 bits per heavy atom. The first-order valence-electron chi connectivity index (χ1n) is 6.73.